The predicted octanol–water partition coefficient (Wildman–Crippen LogP) is 5.88. The third kappa shape index (κ3) is 4.48. The van der Waals surface area contributed by atoms with Crippen LogP contribution in [0, 0.1) is 6.92 Å². The molecule has 0 amide bonds. The molecule has 0 aliphatic heterocycles. The molecule has 0 radical (unpaired) electrons. The fourth-order valence-electron chi connectivity index (χ4n) is 2.02. The zero-order valence-electron chi connectivity index (χ0n) is 11.6. The second kappa shape index (κ2) is 6.40. The van der Waals surface area contributed by atoms with Crippen LogP contribution < -0.4 is 5.32 Å². The summed E-state index contributed by atoms with van der Waals surface area (Å²) < 4.78 is 38.3. The number of halogens is 4. The Morgan fingerprint density at radius 3 is 2.48 bits per heavy atom. The van der Waals surface area contributed by atoms with Crippen LogP contribution in [0.25, 0.3) is 0 Å². The average Bonchev–Trinajstić information content (AvgIpc) is 2.76. The molecule has 0 aliphatic rings. The molecule has 1 aromatic carbocycles. The largest absolute Gasteiger partial charge is 0.416 e. The first-order chi connectivity index (χ1) is 9.75. The van der Waals surface area contributed by atoms with Crippen LogP contribution in [-0.2, 0) is 12.6 Å². The third-order valence-electron chi connectivity index (χ3n) is 3.00. The van der Waals surface area contributed by atoms with Crippen molar-refractivity contribution in [1.29, 1.82) is 0 Å². The second-order valence-electron chi connectivity index (χ2n) is 4.95. The van der Waals surface area contributed by atoms with Gasteiger partial charge in [-0.1, -0.05) is 0 Å². The van der Waals surface area contributed by atoms with E-state index >= 15 is 0 Å². The molecule has 0 aliphatic carbocycles. The maximum Gasteiger partial charge on any atom is 0.416 e. The Kier molecular flexibility index (Phi) is 4.99. The molecule has 1 N–H and O–H groups in total. The van der Waals surface area contributed by atoms with Gasteiger partial charge in [0.2, 0.25) is 0 Å². The maximum atomic E-state index is 12.6. The molecule has 2 aromatic rings. The number of hydrogen-bond donors (Lipinski definition) is 1. The van der Waals surface area contributed by atoms with Crippen LogP contribution in [0.2, 0.25) is 0 Å². The lowest BCUT2D eigenvalue weighted by Crippen LogP contribution is -2.18. The van der Waals surface area contributed by atoms with E-state index in [1.54, 1.807) is 11.3 Å². The predicted molar refractivity (Wildman–Crippen MR) is 85.0 cm³/mol. The number of anilines is 1. The van der Waals surface area contributed by atoms with Crippen LogP contribution >= 0.6 is 27.3 Å². The van der Waals surface area contributed by atoms with Gasteiger partial charge in [0.25, 0.3) is 0 Å². The Hall–Kier alpha value is -1.01. The smallest absolute Gasteiger partial charge is 0.381 e. The molecule has 1 atom stereocenters. The second-order valence-corrected chi connectivity index (χ2v) is 7.18. The minimum Gasteiger partial charge on any atom is -0.381 e. The molecule has 2 rings (SSSR count). The SMILES string of the molecule is Cc1ccc(CC(C)Nc2ccc(C(F)(F)F)cc2Br)s1. The Bertz CT molecular complexity index is 622. The van der Waals surface area contributed by atoms with Gasteiger partial charge >= 0.3 is 6.18 Å². The van der Waals surface area contributed by atoms with Crippen molar-refractivity contribution in [2.45, 2.75) is 32.5 Å². The molecular weight excluding hydrogens is 363 g/mol. The minimum absolute atomic E-state index is 0.135. The van der Waals surface area contributed by atoms with Crippen molar-refractivity contribution in [1.82, 2.24) is 0 Å². The van der Waals surface area contributed by atoms with Crippen LogP contribution in [0.3, 0.4) is 0 Å². The van der Waals surface area contributed by atoms with Gasteiger partial charge in [-0.05, 0) is 60.1 Å². The third-order valence-corrected chi connectivity index (χ3v) is 4.68. The number of hydrogen-bond acceptors (Lipinski definition) is 2. The first-order valence-corrected chi connectivity index (χ1v) is 8.05. The molecule has 1 nitrogen and oxygen atoms in total. The van der Waals surface area contributed by atoms with Crippen molar-refractivity contribution in [3.8, 4) is 0 Å². The summed E-state index contributed by atoms with van der Waals surface area (Å²) in [5.74, 6) is 0. The highest BCUT2D eigenvalue weighted by Gasteiger charge is 2.30. The summed E-state index contributed by atoms with van der Waals surface area (Å²) in [7, 11) is 0. The zero-order chi connectivity index (χ0) is 15.6. The molecule has 0 spiro atoms. The van der Waals surface area contributed by atoms with Gasteiger partial charge in [0, 0.05) is 32.4 Å². The van der Waals surface area contributed by atoms with E-state index in [9.17, 15) is 13.2 Å². The summed E-state index contributed by atoms with van der Waals surface area (Å²) in [6.45, 7) is 4.07. The minimum atomic E-state index is -4.32. The number of nitrogens with one attached hydrogen (secondary N) is 1. The Morgan fingerprint density at radius 2 is 1.95 bits per heavy atom. The van der Waals surface area contributed by atoms with Crippen molar-refractivity contribution < 1.29 is 13.2 Å². The van der Waals surface area contributed by atoms with E-state index in [-0.39, 0.29) is 6.04 Å². The zero-order valence-corrected chi connectivity index (χ0v) is 14.0. The molecule has 1 aromatic heterocycles. The van der Waals surface area contributed by atoms with Gasteiger partial charge in [0.15, 0.2) is 0 Å². The summed E-state index contributed by atoms with van der Waals surface area (Å²) in [4.78, 5) is 2.52. The van der Waals surface area contributed by atoms with E-state index in [4.69, 9.17) is 0 Å². The fraction of sp³-hybridized carbons (Fsp3) is 0.333. The lowest BCUT2D eigenvalue weighted by molar-refractivity contribution is -0.137. The van der Waals surface area contributed by atoms with Crippen LogP contribution in [0.1, 0.15) is 22.2 Å². The quantitative estimate of drug-likeness (QED) is 0.701. The van der Waals surface area contributed by atoms with E-state index in [0.717, 1.165) is 18.6 Å². The van der Waals surface area contributed by atoms with E-state index in [0.29, 0.717) is 10.2 Å². The highest BCUT2D eigenvalue weighted by Crippen LogP contribution is 2.34. The normalized spacial score (nSPS) is 13.2. The first-order valence-electron chi connectivity index (χ1n) is 6.44. The summed E-state index contributed by atoms with van der Waals surface area (Å²) >= 11 is 4.93. The van der Waals surface area contributed by atoms with Gasteiger partial charge in [-0.2, -0.15) is 13.2 Å². The lowest BCUT2D eigenvalue weighted by atomic mass is 10.1. The van der Waals surface area contributed by atoms with Gasteiger partial charge in [-0.15, -0.1) is 11.3 Å². The molecular formula is C15H15BrF3NS. The molecule has 6 heteroatoms. The van der Waals surface area contributed by atoms with Crippen LogP contribution in [0.4, 0.5) is 18.9 Å². The van der Waals surface area contributed by atoms with E-state index in [1.807, 2.05) is 6.92 Å². The average molecular weight is 378 g/mol. The summed E-state index contributed by atoms with van der Waals surface area (Å²) in [6.07, 6.45) is -3.48. The maximum absolute atomic E-state index is 12.6. The van der Waals surface area contributed by atoms with Crippen molar-refractivity contribution in [3.63, 3.8) is 0 Å². The first kappa shape index (κ1) is 16.4. The Labute approximate surface area is 134 Å². The van der Waals surface area contributed by atoms with Gasteiger partial charge in [-0.25, -0.2) is 0 Å². The molecule has 0 saturated carbocycles. The molecule has 0 saturated heterocycles. The molecule has 21 heavy (non-hydrogen) atoms. The summed E-state index contributed by atoms with van der Waals surface area (Å²) in [5, 5.41) is 3.24. The molecule has 114 valence electrons. The Balaban J connectivity index is 2.05. The van der Waals surface area contributed by atoms with Crippen LogP contribution in [0.15, 0.2) is 34.8 Å². The number of alkyl halides is 3. The van der Waals surface area contributed by atoms with Crippen LogP contribution in [0.5, 0.6) is 0 Å². The van der Waals surface area contributed by atoms with Crippen molar-refractivity contribution >= 4 is 33.0 Å². The fourth-order valence-corrected chi connectivity index (χ4v) is 3.53. The summed E-state index contributed by atoms with van der Waals surface area (Å²) in [5.41, 5.74) is 0.0187. The van der Waals surface area contributed by atoms with E-state index in [1.165, 1.54) is 15.8 Å². The highest BCUT2D eigenvalue weighted by molar-refractivity contribution is 9.10. The monoisotopic (exact) mass is 377 g/mol. The van der Waals surface area contributed by atoms with E-state index in [2.05, 4.69) is 40.3 Å². The van der Waals surface area contributed by atoms with Gasteiger partial charge in [0.05, 0.1) is 5.56 Å². The van der Waals surface area contributed by atoms with Gasteiger partial charge < -0.3 is 5.32 Å². The van der Waals surface area contributed by atoms with Gasteiger partial charge in [-0.3, -0.25) is 0 Å². The number of aryl methyl sites for hydroxylation is 1. The van der Waals surface area contributed by atoms with E-state index < -0.39 is 11.7 Å². The van der Waals surface area contributed by atoms with Gasteiger partial charge in [0.1, 0.15) is 0 Å². The van der Waals surface area contributed by atoms with Crippen molar-refractivity contribution in [2.75, 3.05) is 5.32 Å². The van der Waals surface area contributed by atoms with Crippen molar-refractivity contribution in [3.05, 3.63) is 50.1 Å². The topological polar surface area (TPSA) is 12.0 Å². The number of thiophene rings is 1. The van der Waals surface area contributed by atoms with Crippen molar-refractivity contribution in [2.24, 2.45) is 0 Å². The number of benzene rings is 1. The van der Waals surface area contributed by atoms with Crippen LogP contribution in [-0.4, -0.2) is 6.04 Å². The Morgan fingerprint density at radius 1 is 1.24 bits per heavy atom. The molecule has 0 bridgehead atoms. The molecule has 1 unspecified atom stereocenters. The number of rotatable bonds is 4. The molecule has 0 fully saturated rings. The lowest BCUT2D eigenvalue weighted by Gasteiger charge is -2.17. The molecule has 1 heterocycles. The highest BCUT2D eigenvalue weighted by atomic mass is 79.9. The summed E-state index contributed by atoms with van der Waals surface area (Å²) in [6, 6.07) is 7.94. The standard InChI is InChI=1S/C15H15BrF3NS/c1-9(7-12-5-3-10(2)21-12)20-14-6-4-11(8-13(14)16)15(17,18)19/h3-6,8-9,20H,7H2,1-2H3.